The molecule has 0 unspecified atom stereocenters. The van der Waals surface area contributed by atoms with Gasteiger partial charge in [-0.25, -0.2) is 4.98 Å². The van der Waals surface area contributed by atoms with Crippen molar-refractivity contribution in [1.82, 2.24) is 19.5 Å². The number of hydrogen-bond acceptors (Lipinski definition) is 5. The number of hydrogen-bond donors (Lipinski definition) is 1. The van der Waals surface area contributed by atoms with E-state index in [1.807, 2.05) is 22.8 Å². The SMILES string of the molecule is CCCCNc1nc(Cl)nc2ncn(Cc3ccc(CCl)cc3OC)c12. The molecule has 3 rings (SSSR count). The van der Waals surface area contributed by atoms with E-state index in [9.17, 15) is 0 Å². The molecule has 0 amide bonds. The largest absolute Gasteiger partial charge is 0.496 e. The molecule has 0 saturated carbocycles. The van der Waals surface area contributed by atoms with Crippen LogP contribution in [0.2, 0.25) is 5.28 Å². The molecule has 2 aromatic heterocycles. The maximum atomic E-state index is 6.04. The molecule has 0 spiro atoms. The molecule has 8 heteroatoms. The van der Waals surface area contributed by atoms with E-state index in [1.165, 1.54) is 0 Å². The highest BCUT2D eigenvalue weighted by molar-refractivity contribution is 6.28. The van der Waals surface area contributed by atoms with Gasteiger partial charge in [-0.1, -0.05) is 25.5 Å². The molecule has 2 heterocycles. The summed E-state index contributed by atoms with van der Waals surface area (Å²) in [6.07, 6.45) is 3.89. The third kappa shape index (κ3) is 4.02. The zero-order valence-corrected chi connectivity index (χ0v) is 16.3. The van der Waals surface area contributed by atoms with E-state index in [0.29, 0.717) is 23.9 Å². The summed E-state index contributed by atoms with van der Waals surface area (Å²) < 4.78 is 7.52. The highest BCUT2D eigenvalue weighted by Crippen LogP contribution is 2.26. The summed E-state index contributed by atoms with van der Waals surface area (Å²) in [4.78, 5) is 13.0. The minimum absolute atomic E-state index is 0.186. The number of fused-ring (bicyclic) bond motifs is 1. The molecule has 26 heavy (non-hydrogen) atoms. The molecule has 0 aliphatic rings. The van der Waals surface area contributed by atoms with Crippen LogP contribution in [0.1, 0.15) is 30.9 Å². The zero-order chi connectivity index (χ0) is 18.5. The van der Waals surface area contributed by atoms with Crippen molar-refractivity contribution in [1.29, 1.82) is 0 Å². The minimum Gasteiger partial charge on any atom is -0.496 e. The van der Waals surface area contributed by atoms with Crippen LogP contribution in [0.25, 0.3) is 11.2 Å². The molecule has 0 aliphatic carbocycles. The molecular weight excluding hydrogens is 373 g/mol. The van der Waals surface area contributed by atoms with Gasteiger partial charge in [0.15, 0.2) is 11.5 Å². The molecule has 6 nitrogen and oxygen atoms in total. The standard InChI is InChI=1S/C18H21Cl2N5O/c1-3-4-7-21-16-15-17(24-18(20)23-16)22-11-25(15)10-13-6-5-12(9-19)8-14(13)26-2/h5-6,8,11H,3-4,7,9-10H2,1-2H3,(H,21,23,24). The highest BCUT2D eigenvalue weighted by atomic mass is 35.5. The molecule has 1 N–H and O–H groups in total. The first-order chi connectivity index (χ1) is 12.7. The van der Waals surface area contributed by atoms with E-state index >= 15 is 0 Å². The van der Waals surface area contributed by atoms with E-state index in [2.05, 4.69) is 27.2 Å². The third-order valence-electron chi connectivity index (χ3n) is 4.11. The molecule has 0 aliphatic heterocycles. The van der Waals surface area contributed by atoms with Gasteiger partial charge in [-0.3, -0.25) is 0 Å². The van der Waals surface area contributed by atoms with Gasteiger partial charge in [0.2, 0.25) is 5.28 Å². The molecule has 0 saturated heterocycles. The van der Waals surface area contributed by atoms with Crippen LogP contribution >= 0.6 is 23.2 Å². The monoisotopic (exact) mass is 393 g/mol. The zero-order valence-electron chi connectivity index (χ0n) is 14.8. The minimum atomic E-state index is 0.186. The van der Waals surface area contributed by atoms with Gasteiger partial charge in [0.05, 0.1) is 20.0 Å². The molecule has 138 valence electrons. The number of nitrogens with zero attached hydrogens (tertiary/aromatic N) is 4. The number of alkyl halides is 1. The summed E-state index contributed by atoms with van der Waals surface area (Å²) in [5.74, 6) is 1.94. The first-order valence-electron chi connectivity index (χ1n) is 8.50. The maximum absolute atomic E-state index is 6.04. The fraction of sp³-hybridized carbons (Fsp3) is 0.389. The second-order valence-electron chi connectivity index (χ2n) is 5.95. The van der Waals surface area contributed by atoms with Crippen molar-refractivity contribution in [2.24, 2.45) is 0 Å². The number of benzene rings is 1. The van der Waals surface area contributed by atoms with Crippen LogP contribution in [0.5, 0.6) is 5.75 Å². The molecule has 1 aromatic carbocycles. The van der Waals surface area contributed by atoms with E-state index in [4.69, 9.17) is 27.9 Å². The van der Waals surface area contributed by atoms with Gasteiger partial charge in [0.25, 0.3) is 0 Å². The second-order valence-corrected chi connectivity index (χ2v) is 6.55. The molecule has 0 fully saturated rings. The Bertz CT molecular complexity index is 897. The smallest absolute Gasteiger partial charge is 0.226 e. The second kappa shape index (κ2) is 8.56. The highest BCUT2D eigenvalue weighted by Gasteiger charge is 2.14. The topological polar surface area (TPSA) is 64.9 Å². The van der Waals surface area contributed by atoms with Crippen molar-refractivity contribution in [2.75, 3.05) is 19.0 Å². The maximum Gasteiger partial charge on any atom is 0.226 e. The van der Waals surface area contributed by atoms with Gasteiger partial charge in [0.1, 0.15) is 11.3 Å². The Morgan fingerprint density at radius 1 is 1.27 bits per heavy atom. The quantitative estimate of drug-likeness (QED) is 0.347. The predicted molar refractivity (Wildman–Crippen MR) is 105 cm³/mol. The van der Waals surface area contributed by atoms with Gasteiger partial charge in [-0.2, -0.15) is 9.97 Å². The van der Waals surface area contributed by atoms with Gasteiger partial charge in [-0.05, 0) is 29.7 Å². The van der Waals surface area contributed by atoms with E-state index in [-0.39, 0.29) is 5.28 Å². The summed E-state index contributed by atoms with van der Waals surface area (Å²) >= 11 is 12.0. The van der Waals surface area contributed by atoms with E-state index < -0.39 is 0 Å². The number of unbranched alkanes of at least 4 members (excludes halogenated alkanes) is 1. The Labute approximate surface area is 162 Å². The van der Waals surface area contributed by atoms with E-state index in [1.54, 1.807) is 13.4 Å². The van der Waals surface area contributed by atoms with Crippen molar-refractivity contribution in [3.63, 3.8) is 0 Å². The number of aromatic nitrogens is 4. The summed E-state index contributed by atoms with van der Waals surface area (Å²) in [6, 6.07) is 5.97. The van der Waals surface area contributed by atoms with Crippen LogP contribution < -0.4 is 10.1 Å². The van der Waals surface area contributed by atoms with Crippen LogP contribution in [-0.4, -0.2) is 33.2 Å². The molecule has 0 bridgehead atoms. The average molecular weight is 394 g/mol. The number of halogens is 2. The number of anilines is 1. The Morgan fingerprint density at radius 2 is 2.12 bits per heavy atom. The van der Waals surface area contributed by atoms with Crippen molar-refractivity contribution in [2.45, 2.75) is 32.2 Å². The first kappa shape index (κ1) is 18.7. The third-order valence-corrected chi connectivity index (χ3v) is 4.59. The molecule has 3 aromatic rings. The van der Waals surface area contributed by atoms with Crippen molar-refractivity contribution in [3.8, 4) is 5.75 Å². The molecular formula is C18H21Cl2N5O. The van der Waals surface area contributed by atoms with Gasteiger partial charge >= 0.3 is 0 Å². The number of methoxy groups -OCH3 is 1. The average Bonchev–Trinajstić information content (AvgIpc) is 3.04. The summed E-state index contributed by atoms with van der Waals surface area (Å²) in [5, 5.41) is 3.53. The lowest BCUT2D eigenvalue weighted by molar-refractivity contribution is 0.408. The van der Waals surface area contributed by atoms with Crippen molar-refractivity contribution in [3.05, 3.63) is 40.9 Å². The number of imidazole rings is 1. The van der Waals surface area contributed by atoms with Crippen molar-refractivity contribution < 1.29 is 4.74 Å². The number of ether oxygens (including phenoxy) is 1. The van der Waals surface area contributed by atoms with Crippen LogP contribution in [0, 0.1) is 0 Å². The predicted octanol–water partition coefficient (Wildman–Crippen LogP) is 4.49. The van der Waals surface area contributed by atoms with Gasteiger partial charge in [0, 0.05) is 18.0 Å². The number of nitrogens with one attached hydrogen (secondary N) is 1. The Hall–Kier alpha value is -2.05. The Morgan fingerprint density at radius 3 is 2.85 bits per heavy atom. The fourth-order valence-corrected chi connectivity index (χ4v) is 3.10. The molecule has 0 atom stereocenters. The summed E-state index contributed by atoms with van der Waals surface area (Å²) in [6.45, 7) is 3.54. The molecule has 0 radical (unpaired) electrons. The summed E-state index contributed by atoms with van der Waals surface area (Å²) in [7, 11) is 1.66. The van der Waals surface area contributed by atoms with Gasteiger partial charge in [-0.15, -0.1) is 11.6 Å². The fourth-order valence-electron chi connectivity index (χ4n) is 2.77. The Kier molecular flexibility index (Phi) is 6.16. The van der Waals surface area contributed by atoms with Crippen molar-refractivity contribution >= 4 is 40.2 Å². The van der Waals surface area contributed by atoms with Gasteiger partial charge < -0.3 is 14.6 Å². The lowest BCUT2D eigenvalue weighted by Crippen LogP contribution is -2.08. The first-order valence-corrected chi connectivity index (χ1v) is 9.41. The Balaban J connectivity index is 1.98. The van der Waals surface area contributed by atoms with Crippen LogP contribution in [0.3, 0.4) is 0 Å². The van der Waals surface area contributed by atoms with Crippen LogP contribution in [0.4, 0.5) is 5.82 Å². The van der Waals surface area contributed by atoms with Crippen LogP contribution in [0.15, 0.2) is 24.5 Å². The van der Waals surface area contributed by atoms with E-state index in [0.717, 1.165) is 41.8 Å². The van der Waals surface area contributed by atoms with Crippen LogP contribution in [-0.2, 0) is 12.4 Å². The normalized spacial score (nSPS) is 11.1. The summed E-state index contributed by atoms with van der Waals surface area (Å²) in [5.41, 5.74) is 3.43. The number of rotatable bonds is 8. The lowest BCUT2D eigenvalue weighted by Gasteiger charge is -2.13. The lowest BCUT2D eigenvalue weighted by atomic mass is 10.1.